The number of nitrogens with two attached hydrogens (primary N) is 1. The molecule has 3 N–H and O–H groups in total. The largest absolute Gasteiger partial charge is 0.382 e. The molecular weight excluding hydrogens is 374 g/mol. The average Bonchev–Trinajstić information content (AvgIpc) is 3.28. The van der Waals surface area contributed by atoms with Crippen LogP contribution >= 0.6 is 11.3 Å². The SMILES string of the molecule is Cc1cc(C(C)(O)C#Cc2ccc(C)c(-c3nc4c(N)ncnc4s3)c2)no1. The topological polar surface area (TPSA) is 111 Å². The zero-order chi connectivity index (χ0) is 19.9. The van der Waals surface area contributed by atoms with E-state index in [1.54, 1.807) is 19.9 Å². The number of nitrogens with zero attached hydrogens (tertiary/aromatic N) is 4. The fourth-order valence-electron chi connectivity index (χ4n) is 2.67. The highest BCUT2D eigenvalue weighted by molar-refractivity contribution is 7.21. The molecule has 0 fully saturated rings. The van der Waals surface area contributed by atoms with Crippen LogP contribution in [0.5, 0.6) is 0 Å². The molecule has 3 aromatic heterocycles. The molecule has 4 rings (SSSR count). The number of aryl methyl sites for hydroxylation is 2. The van der Waals surface area contributed by atoms with E-state index in [0.29, 0.717) is 22.8 Å². The highest BCUT2D eigenvalue weighted by Crippen LogP contribution is 2.33. The first kappa shape index (κ1) is 18.1. The maximum absolute atomic E-state index is 10.6. The van der Waals surface area contributed by atoms with Gasteiger partial charge in [0.25, 0.3) is 0 Å². The van der Waals surface area contributed by atoms with E-state index in [9.17, 15) is 5.11 Å². The van der Waals surface area contributed by atoms with Crippen LogP contribution in [0.4, 0.5) is 5.82 Å². The monoisotopic (exact) mass is 391 g/mol. The number of aromatic nitrogens is 4. The van der Waals surface area contributed by atoms with Gasteiger partial charge < -0.3 is 15.4 Å². The number of rotatable bonds is 2. The van der Waals surface area contributed by atoms with Crippen molar-refractivity contribution >= 4 is 27.5 Å². The summed E-state index contributed by atoms with van der Waals surface area (Å²) in [7, 11) is 0. The fraction of sp³-hybridized carbons (Fsp3) is 0.200. The van der Waals surface area contributed by atoms with Crippen molar-refractivity contribution in [3.63, 3.8) is 0 Å². The molecule has 140 valence electrons. The maximum atomic E-state index is 10.6. The Morgan fingerprint density at radius 3 is 2.75 bits per heavy atom. The molecule has 0 saturated heterocycles. The van der Waals surface area contributed by atoms with Crippen LogP contribution in [0.2, 0.25) is 0 Å². The standard InChI is InChI=1S/C20H17N5O2S/c1-11-4-5-13(6-7-20(3,26)15-8-12(2)27-25-15)9-14(11)18-24-16-17(21)22-10-23-19(16)28-18/h4-5,8-10,26H,1-3H3,(H2,21,22,23). The second-order valence-electron chi connectivity index (χ2n) is 6.61. The van der Waals surface area contributed by atoms with Crippen molar-refractivity contribution in [1.82, 2.24) is 20.1 Å². The minimum Gasteiger partial charge on any atom is -0.382 e. The Bertz CT molecular complexity index is 1250. The molecule has 1 atom stereocenters. The van der Waals surface area contributed by atoms with Gasteiger partial charge in [0.05, 0.1) is 0 Å². The molecule has 0 aliphatic carbocycles. The van der Waals surface area contributed by atoms with Gasteiger partial charge in [-0.3, -0.25) is 0 Å². The van der Waals surface area contributed by atoms with Crippen molar-refractivity contribution in [3.05, 3.63) is 53.2 Å². The van der Waals surface area contributed by atoms with Gasteiger partial charge in [0.15, 0.2) is 11.4 Å². The van der Waals surface area contributed by atoms with Crippen LogP contribution in [0.1, 0.15) is 29.5 Å². The minimum atomic E-state index is -1.41. The Morgan fingerprint density at radius 2 is 2.04 bits per heavy atom. The highest BCUT2D eigenvalue weighted by atomic mass is 32.1. The summed E-state index contributed by atoms with van der Waals surface area (Å²) in [5, 5.41) is 15.2. The molecule has 0 bridgehead atoms. The molecule has 0 saturated carbocycles. The first-order valence-electron chi connectivity index (χ1n) is 8.51. The molecule has 1 aromatic carbocycles. The summed E-state index contributed by atoms with van der Waals surface area (Å²) in [6.45, 7) is 5.35. The molecule has 0 radical (unpaired) electrons. The number of thiazole rings is 1. The number of benzene rings is 1. The molecular formula is C20H17N5O2S. The number of nitrogen functional groups attached to an aromatic ring is 1. The Labute approximate surface area is 165 Å². The first-order chi connectivity index (χ1) is 13.3. The molecule has 0 spiro atoms. The zero-order valence-corrected chi connectivity index (χ0v) is 16.3. The van der Waals surface area contributed by atoms with Crippen LogP contribution in [0, 0.1) is 25.7 Å². The van der Waals surface area contributed by atoms with E-state index in [0.717, 1.165) is 26.5 Å². The molecule has 28 heavy (non-hydrogen) atoms. The number of fused-ring (bicyclic) bond motifs is 1. The van der Waals surface area contributed by atoms with E-state index in [2.05, 4.69) is 31.9 Å². The maximum Gasteiger partial charge on any atom is 0.168 e. The second-order valence-corrected chi connectivity index (χ2v) is 7.58. The van der Waals surface area contributed by atoms with Crippen molar-refractivity contribution in [2.24, 2.45) is 0 Å². The van der Waals surface area contributed by atoms with Crippen molar-refractivity contribution in [2.75, 3.05) is 5.73 Å². The van der Waals surface area contributed by atoms with Crippen molar-refractivity contribution < 1.29 is 9.63 Å². The summed E-state index contributed by atoms with van der Waals surface area (Å²) < 4.78 is 5.03. The first-order valence-corrected chi connectivity index (χ1v) is 9.32. The van der Waals surface area contributed by atoms with Gasteiger partial charge in [-0.05, 0) is 38.5 Å². The van der Waals surface area contributed by atoms with E-state index < -0.39 is 5.60 Å². The second kappa shape index (κ2) is 6.71. The third-order valence-electron chi connectivity index (χ3n) is 4.27. The molecule has 8 heteroatoms. The molecule has 0 amide bonds. The van der Waals surface area contributed by atoms with Gasteiger partial charge in [-0.1, -0.05) is 34.4 Å². The quantitative estimate of drug-likeness (QED) is 0.505. The van der Waals surface area contributed by atoms with E-state index in [-0.39, 0.29) is 0 Å². The lowest BCUT2D eigenvalue weighted by Crippen LogP contribution is -2.18. The van der Waals surface area contributed by atoms with Gasteiger partial charge in [-0.2, -0.15) is 0 Å². The average molecular weight is 391 g/mol. The summed E-state index contributed by atoms with van der Waals surface area (Å²) in [6.07, 6.45) is 1.43. The van der Waals surface area contributed by atoms with Gasteiger partial charge in [-0.25, -0.2) is 15.0 Å². The van der Waals surface area contributed by atoms with Crippen molar-refractivity contribution in [2.45, 2.75) is 26.4 Å². The number of hydrogen-bond acceptors (Lipinski definition) is 8. The van der Waals surface area contributed by atoms with Gasteiger partial charge in [-0.15, -0.1) is 0 Å². The van der Waals surface area contributed by atoms with E-state index in [4.69, 9.17) is 10.3 Å². The van der Waals surface area contributed by atoms with Crippen LogP contribution in [-0.2, 0) is 5.60 Å². The van der Waals surface area contributed by atoms with Gasteiger partial charge in [0, 0.05) is 17.2 Å². The Balaban J connectivity index is 1.73. The molecule has 3 heterocycles. The van der Waals surface area contributed by atoms with Crippen LogP contribution in [0.3, 0.4) is 0 Å². The summed E-state index contributed by atoms with van der Waals surface area (Å²) in [5.74, 6) is 6.86. The van der Waals surface area contributed by atoms with Gasteiger partial charge in [0.2, 0.25) is 0 Å². The third kappa shape index (κ3) is 3.33. The van der Waals surface area contributed by atoms with E-state index in [1.807, 2.05) is 25.1 Å². The smallest absolute Gasteiger partial charge is 0.168 e. The predicted molar refractivity (Wildman–Crippen MR) is 107 cm³/mol. The third-order valence-corrected chi connectivity index (χ3v) is 5.27. The van der Waals surface area contributed by atoms with Crippen LogP contribution in [0.25, 0.3) is 20.9 Å². The lowest BCUT2D eigenvalue weighted by Gasteiger charge is -2.11. The molecule has 7 nitrogen and oxygen atoms in total. The Hall–Kier alpha value is -3.28. The minimum absolute atomic E-state index is 0.361. The molecule has 1 unspecified atom stereocenters. The normalized spacial score (nSPS) is 13.1. The highest BCUT2D eigenvalue weighted by Gasteiger charge is 2.24. The van der Waals surface area contributed by atoms with E-state index >= 15 is 0 Å². The molecule has 4 aromatic rings. The zero-order valence-electron chi connectivity index (χ0n) is 15.5. The van der Waals surface area contributed by atoms with Crippen molar-refractivity contribution in [1.29, 1.82) is 0 Å². The van der Waals surface area contributed by atoms with Crippen molar-refractivity contribution in [3.8, 4) is 22.4 Å². The van der Waals surface area contributed by atoms with Crippen LogP contribution < -0.4 is 5.73 Å². The number of hydrogen-bond donors (Lipinski definition) is 2. The Morgan fingerprint density at radius 1 is 1.21 bits per heavy atom. The fourth-order valence-corrected chi connectivity index (χ4v) is 3.67. The summed E-state index contributed by atoms with van der Waals surface area (Å²) >= 11 is 1.45. The summed E-state index contributed by atoms with van der Waals surface area (Å²) in [5.41, 5.74) is 8.20. The lowest BCUT2D eigenvalue weighted by atomic mass is 10.0. The summed E-state index contributed by atoms with van der Waals surface area (Å²) in [6, 6.07) is 7.47. The van der Waals surface area contributed by atoms with Gasteiger partial charge >= 0.3 is 0 Å². The van der Waals surface area contributed by atoms with Crippen LogP contribution in [0.15, 0.2) is 35.1 Å². The van der Waals surface area contributed by atoms with E-state index in [1.165, 1.54) is 17.7 Å². The summed E-state index contributed by atoms with van der Waals surface area (Å²) in [4.78, 5) is 13.6. The number of anilines is 1. The predicted octanol–water partition coefficient (Wildman–Crippen LogP) is 3.20. The Kier molecular flexibility index (Phi) is 4.34. The lowest BCUT2D eigenvalue weighted by molar-refractivity contribution is 0.112. The molecule has 0 aliphatic heterocycles. The van der Waals surface area contributed by atoms with Crippen LogP contribution in [-0.4, -0.2) is 25.2 Å². The number of aliphatic hydroxyl groups is 1. The van der Waals surface area contributed by atoms with Gasteiger partial charge in [0.1, 0.15) is 33.1 Å². The molecule has 0 aliphatic rings.